The first-order chi connectivity index (χ1) is 15.1. The largest absolute Gasteiger partial charge is 0.439 e. The first-order valence-corrected chi connectivity index (χ1v) is 11.9. The van der Waals surface area contributed by atoms with Crippen LogP contribution in [0.2, 0.25) is 0 Å². The van der Waals surface area contributed by atoms with Gasteiger partial charge in [0.1, 0.15) is 11.8 Å². The number of rotatable bonds is 3. The summed E-state index contributed by atoms with van der Waals surface area (Å²) in [5.41, 5.74) is 1.92. The second kappa shape index (κ2) is 8.28. The third kappa shape index (κ3) is 4.53. The van der Waals surface area contributed by atoms with Crippen LogP contribution in [0, 0.1) is 6.92 Å². The maximum absolute atomic E-state index is 14.9. The number of aromatic nitrogens is 1. The van der Waals surface area contributed by atoms with Gasteiger partial charge in [0.25, 0.3) is 5.92 Å². The molecule has 0 unspecified atom stereocenters. The third-order valence-corrected chi connectivity index (χ3v) is 7.03. The van der Waals surface area contributed by atoms with Crippen LogP contribution in [-0.2, 0) is 23.0 Å². The van der Waals surface area contributed by atoms with Crippen LogP contribution < -0.4 is 14.8 Å². The summed E-state index contributed by atoms with van der Waals surface area (Å²) in [4.78, 5) is 18.3. The molecule has 3 heterocycles. The zero-order chi connectivity index (χ0) is 23.1. The van der Waals surface area contributed by atoms with E-state index in [0.717, 1.165) is 10.5 Å². The van der Waals surface area contributed by atoms with Crippen molar-refractivity contribution in [3.63, 3.8) is 0 Å². The summed E-state index contributed by atoms with van der Waals surface area (Å²) in [6.07, 6.45) is 0.0150. The zero-order valence-corrected chi connectivity index (χ0v) is 18.5. The van der Waals surface area contributed by atoms with Gasteiger partial charge in [-0.15, -0.1) is 0 Å². The fraction of sp³-hybridized carbons (Fsp3) is 0.429. The summed E-state index contributed by atoms with van der Waals surface area (Å²) in [5, 5.41) is 2.62. The highest BCUT2D eigenvalue weighted by Gasteiger charge is 2.57. The maximum atomic E-state index is 14.9. The number of ether oxygens (including phenoxy) is 1. The highest BCUT2D eigenvalue weighted by molar-refractivity contribution is 7.89. The summed E-state index contributed by atoms with van der Waals surface area (Å²) in [5.74, 6) is -2.93. The average molecular weight is 467 g/mol. The molecule has 2 aliphatic rings. The van der Waals surface area contributed by atoms with E-state index in [1.165, 1.54) is 6.92 Å². The van der Waals surface area contributed by atoms with Crippen LogP contribution in [0.15, 0.2) is 36.4 Å². The molecule has 2 atom stereocenters. The van der Waals surface area contributed by atoms with E-state index in [4.69, 9.17) is 4.74 Å². The van der Waals surface area contributed by atoms with Gasteiger partial charge in [-0.3, -0.25) is 0 Å². The molecule has 2 amide bonds. The van der Waals surface area contributed by atoms with Crippen molar-refractivity contribution in [1.29, 1.82) is 0 Å². The van der Waals surface area contributed by atoms with Gasteiger partial charge in [-0.1, -0.05) is 18.2 Å². The molecule has 0 spiro atoms. The molecule has 1 aromatic carbocycles. The molecule has 4 rings (SSSR count). The molecule has 32 heavy (non-hydrogen) atoms. The zero-order valence-electron chi connectivity index (χ0n) is 17.6. The van der Waals surface area contributed by atoms with E-state index < -0.39 is 40.6 Å². The molecule has 2 aliphatic heterocycles. The number of carbonyl (C=O) groups excluding carboxylic acids is 1. The Labute approximate surface area is 185 Å². The normalized spacial score (nSPS) is 22.6. The average Bonchev–Trinajstić information content (AvgIpc) is 2.98. The lowest BCUT2D eigenvalue weighted by Gasteiger charge is -2.28. The lowest BCUT2D eigenvalue weighted by atomic mass is 9.99. The molecule has 1 saturated heterocycles. The summed E-state index contributed by atoms with van der Waals surface area (Å²) < 4.78 is 62.2. The number of amides is 2. The van der Waals surface area contributed by atoms with Crippen LogP contribution in [-0.4, -0.2) is 54.6 Å². The second-order valence-electron chi connectivity index (χ2n) is 7.99. The Balaban J connectivity index is 1.76. The van der Waals surface area contributed by atoms with Gasteiger partial charge in [-0.2, -0.15) is 0 Å². The summed E-state index contributed by atoms with van der Waals surface area (Å²) in [7, 11) is -3.93. The highest BCUT2D eigenvalue weighted by Crippen LogP contribution is 2.36. The Morgan fingerprint density at radius 3 is 2.84 bits per heavy atom. The van der Waals surface area contributed by atoms with Crippen molar-refractivity contribution in [2.75, 3.05) is 12.3 Å². The van der Waals surface area contributed by atoms with Gasteiger partial charge in [0.15, 0.2) is 0 Å². The first kappa shape index (κ1) is 22.4. The molecule has 1 fully saturated rings. The van der Waals surface area contributed by atoms with E-state index >= 15 is 0 Å². The lowest BCUT2D eigenvalue weighted by Crippen LogP contribution is -2.53. The topological polar surface area (TPSA) is 101 Å². The predicted octanol–water partition coefficient (Wildman–Crippen LogP) is 2.58. The SMILES string of the molecule is CCS(=O)(=O)N[C@@H]1[C@@H]2Cc3cccc(c3)Oc3nc(ccc3C)CNC(=O)N2CC1(F)F. The minimum absolute atomic E-state index is 0.00714. The number of benzene rings is 1. The van der Waals surface area contributed by atoms with Gasteiger partial charge in [0.2, 0.25) is 15.9 Å². The number of urea groups is 1. The molecule has 2 aromatic rings. The number of fused-ring (bicyclic) bond motifs is 5. The monoisotopic (exact) mass is 466 g/mol. The number of sulfonamides is 1. The Bertz CT molecular complexity index is 1140. The van der Waals surface area contributed by atoms with Gasteiger partial charge in [-0.25, -0.2) is 31.7 Å². The smallest absolute Gasteiger partial charge is 0.318 e. The van der Waals surface area contributed by atoms with Crippen LogP contribution in [0.1, 0.15) is 23.7 Å². The van der Waals surface area contributed by atoms with Gasteiger partial charge in [-0.05, 0) is 44.0 Å². The quantitative estimate of drug-likeness (QED) is 0.724. The van der Waals surface area contributed by atoms with Crippen molar-refractivity contribution in [3.8, 4) is 11.6 Å². The fourth-order valence-electron chi connectivity index (χ4n) is 3.90. The Morgan fingerprint density at radius 2 is 2.09 bits per heavy atom. The Morgan fingerprint density at radius 1 is 1.31 bits per heavy atom. The van der Waals surface area contributed by atoms with E-state index in [9.17, 15) is 22.0 Å². The van der Waals surface area contributed by atoms with E-state index in [1.807, 2.05) is 6.92 Å². The summed E-state index contributed by atoms with van der Waals surface area (Å²) in [6, 6.07) is 6.79. The van der Waals surface area contributed by atoms with Gasteiger partial charge >= 0.3 is 6.03 Å². The molecular weight excluding hydrogens is 442 g/mol. The van der Waals surface area contributed by atoms with Crippen LogP contribution in [0.5, 0.6) is 11.6 Å². The van der Waals surface area contributed by atoms with Crippen molar-refractivity contribution >= 4 is 16.1 Å². The second-order valence-corrected chi connectivity index (χ2v) is 10.0. The van der Waals surface area contributed by atoms with Gasteiger partial charge in [0.05, 0.1) is 30.6 Å². The molecular formula is C21H24F2N4O4S. The highest BCUT2D eigenvalue weighted by atomic mass is 32.2. The minimum atomic E-state index is -3.93. The number of nitrogens with one attached hydrogen (secondary N) is 2. The van der Waals surface area contributed by atoms with Crippen molar-refractivity contribution in [1.82, 2.24) is 19.9 Å². The van der Waals surface area contributed by atoms with Crippen molar-refractivity contribution in [2.24, 2.45) is 0 Å². The van der Waals surface area contributed by atoms with Crippen LogP contribution in [0.4, 0.5) is 13.6 Å². The lowest BCUT2D eigenvalue weighted by molar-refractivity contribution is -0.00454. The Kier molecular flexibility index (Phi) is 5.80. The molecule has 0 radical (unpaired) electrons. The number of pyridine rings is 1. The number of hydrogen-bond acceptors (Lipinski definition) is 5. The minimum Gasteiger partial charge on any atom is -0.439 e. The molecule has 172 valence electrons. The van der Waals surface area contributed by atoms with E-state index in [1.54, 1.807) is 36.4 Å². The summed E-state index contributed by atoms with van der Waals surface area (Å²) in [6.45, 7) is 2.32. The number of halogens is 2. The molecule has 1 aromatic heterocycles. The standard InChI is InChI=1S/C21H24F2N4O4S/c1-3-32(29,30)26-18-17-10-14-5-4-6-16(9-14)31-19-13(2)7-8-15(25-19)11-24-20(28)27(17)12-21(18,22)23/h4-9,17-18,26H,3,10-12H2,1-2H3,(H,24,28)/t17-,18+/m0/s1. The molecule has 4 bridgehead atoms. The van der Waals surface area contributed by atoms with Crippen LogP contribution >= 0.6 is 0 Å². The number of alkyl halides is 2. The maximum Gasteiger partial charge on any atom is 0.318 e. The third-order valence-electron chi connectivity index (χ3n) is 5.66. The molecule has 0 aliphatic carbocycles. The fourth-order valence-corrected chi connectivity index (χ4v) is 4.79. The van der Waals surface area contributed by atoms with Crippen LogP contribution in [0.3, 0.4) is 0 Å². The van der Waals surface area contributed by atoms with Gasteiger partial charge in [0, 0.05) is 5.56 Å². The van der Waals surface area contributed by atoms with Crippen molar-refractivity contribution in [3.05, 3.63) is 53.2 Å². The number of carbonyl (C=O) groups is 1. The predicted molar refractivity (Wildman–Crippen MR) is 113 cm³/mol. The van der Waals surface area contributed by atoms with E-state index in [-0.39, 0.29) is 18.7 Å². The van der Waals surface area contributed by atoms with E-state index in [0.29, 0.717) is 22.9 Å². The molecule has 0 saturated carbocycles. The van der Waals surface area contributed by atoms with Gasteiger partial charge < -0.3 is 15.0 Å². The Hall–Kier alpha value is -2.79. The molecule has 2 N–H and O–H groups in total. The van der Waals surface area contributed by atoms with E-state index in [2.05, 4.69) is 15.0 Å². The van der Waals surface area contributed by atoms with Crippen LogP contribution in [0.25, 0.3) is 0 Å². The molecule has 8 nitrogen and oxygen atoms in total. The first-order valence-electron chi connectivity index (χ1n) is 10.2. The van der Waals surface area contributed by atoms with Crippen molar-refractivity contribution < 1.29 is 26.7 Å². The number of aryl methyl sites for hydroxylation is 1. The number of nitrogens with zero attached hydrogens (tertiary/aromatic N) is 2. The van der Waals surface area contributed by atoms with Crippen molar-refractivity contribution in [2.45, 2.75) is 44.8 Å². The molecule has 11 heteroatoms. The summed E-state index contributed by atoms with van der Waals surface area (Å²) >= 11 is 0. The number of hydrogen-bond donors (Lipinski definition) is 2.